The molecule has 156 valence electrons. The third kappa shape index (κ3) is 4.99. The van der Waals surface area contributed by atoms with Crippen molar-refractivity contribution >= 4 is 11.8 Å². The molecule has 0 bridgehead atoms. The van der Waals surface area contributed by atoms with Gasteiger partial charge in [0.15, 0.2) is 0 Å². The lowest BCUT2D eigenvalue weighted by atomic mass is 10.0. The van der Waals surface area contributed by atoms with Gasteiger partial charge in [0, 0.05) is 57.2 Å². The van der Waals surface area contributed by atoms with Crippen molar-refractivity contribution in [3.8, 4) is 5.75 Å². The molecule has 2 heterocycles. The van der Waals surface area contributed by atoms with E-state index in [2.05, 4.69) is 17.5 Å². The molecule has 29 heavy (non-hydrogen) atoms. The van der Waals surface area contributed by atoms with E-state index in [1.807, 2.05) is 28.0 Å². The van der Waals surface area contributed by atoms with E-state index in [-0.39, 0.29) is 17.7 Å². The average molecular weight is 398 g/mol. The molecule has 0 N–H and O–H groups in total. The zero-order valence-electron chi connectivity index (χ0n) is 17.1. The summed E-state index contributed by atoms with van der Waals surface area (Å²) >= 11 is 0. The molecule has 1 saturated heterocycles. The summed E-state index contributed by atoms with van der Waals surface area (Å²) in [4.78, 5) is 31.3. The Hall–Kier alpha value is -2.34. The molecule has 2 fully saturated rings. The number of ether oxygens (including phenoxy) is 1. The molecule has 6 heteroatoms. The SMILES string of the molecule is C=CCN1CCN(C(=O)CCc2ccc3c(c2)CN(C(=O)C2CC2)CCO3)CC1. The van der Waals surface area contributed by atoms with E-state index in [1.165, 1.54) is 0 Å². The monoisotopic (exact) mass is 397 g/mol. The summed E-state index contributed by atoms with van der Waals surface area (Å²) in [5, 5.41) is 0. The molecule has 1 saturated carbocycles. The minimum absolute atomic E-state index is 0.222. The molecule has 6 nitrogen and oxygen atoms in total. The average Bonchev–Trinajstić information content (AvgIpc) is 3.59. The first-order chi connectivity index (χ1) is 14.1. The molecule has 1 aromatic carbocycles. The fourth-order valence-electron chi connectivity index (χ4n) is 4.15. The van der Waals surface area contributed by atoms with Crippen molar-refractivity contribution in [2.45, 2.75) is 32.2 Å². The maximum atomic E-state index is 12.6. The van der Waals surface area contributed by atoms with Crippen molar-refractivity contribution in [3.63, 3.8) is 0 Å². The first kappa shape index (κ1) is 20.0. The standard InChI is InChI=1S/C23H31N3O3/c1-2-9-24-10-12-25(13-11-24)22(27)8-4-18-3-7-21-20(16-18)17-26(14-15-29-21)23(28)19-5-6-19/h2-3,7,16,19H,1,4-6,8-15,17H2. The Morgan fingerprint density at radius 1 is 1.10 bits per heavy atom. The predicted octanol–water partition coefficient (Wildman–Crippen LogP) is 2.08. The van der Waals surface area contributed by atoms with Gasteiger partial charge in [-0.2, -0.15) is 0 Å². The van der Waals surface area contributed by atoms with E-state index in [9.17, 15) is 9.59 Å². The normalized spacial score (nSPS) is 19.9. The highest BCUT2D eigenvalue weighted by Gasteiger charge is 2.34. The number of aryl methyl sites for hydroxylation is 1. The van der Waals surface area contributed by atoms with Crippen LogP contribution in [0.2, 0.25) is 0 Å². The molecule has 1 aliphatic carbocycles. The Balaban J connectivity index is 1.32. The van der Waals surface area contributed by atoms with E-state index in [0.717, 1.165) is 68.9 Å². The van der Waals surface area contributed by atoms with Gasteiger partial charge in [-0.25, -0.2) is 0 Å². The summed E-state index contributed by atoms with van der Waals surface area (Å²) in [6.07, 6.45) is 5.19. The lowest BCUT2D eigenvalue weighted by Gasteiger charge is -2.34. The van der Waals surface area contributed by atoms with E-state index in [1.54, 1.807) is 0 Å². The van der Waals surface area contributed by atoms with Gasteiger partial charge >= 0.3 is 0 Å². The molecular formula is C23H31N3O3. The first-order valence-electron chi connectivity index (χ1n) is 10.8. The number of carbonyl (C=O) groups is 2. The Labute approximate surface area is 173 Å². The molecule has 4 rings (SSSR count). The highest BCUT2D eigenvalue weighted by Crippen LogP contribution is 2.33. The number of rotatable bonds is 6. The van der Waals surface area contributed by atoms with Crippen LogP contribution in [0.3, 0.4) is 0 Å². The van der Waals surface area contributed by atoms with Crippen molar-refractivity contribution in [2.75, 3.05) is 45.9 Å². The second-order valence-electron chi connectivity index (χ2n) is 8.29. The van der Waals surface area contributed by atoms with Crippen molar-refractivity contribution in [3.05, 3.63) is 42.0 Å². The number of hydrogen-bond donors (Lipinski definition) is 0. The Bertz CT molecular complexity index is 767. The van der Waals surface area contributed by atoms with Crippen molar-refractivity contribution in [2.24, 2.45) is 5.92 Å². The van der Waals surface area contributed by atoms with Crippen LogP contribution in [0.1, 0.15) is 30.4 Å². The van der Waals surface area contributed by atoms with Gasteiger partial charge in [0.2, 0.25) is 11.8 Å². The third-order valence-electron chi connectivity index (χ3n) is 6.08. The third-order valence-corrected chi connectivity index (χ3v) is 6.08. The van der Waals surface area contributed by atoms with Gasteiger partial charge in [-0.3, -0.25) is 14.5 Å². The number of piperazine rings is 1. The lowest BCUT2D eigenvalue weighted by molar-refractivity contribution is -0.133. The second-order valence-corrected chi connectivity index (χ2v) is 8.29. The van der Waals surface area contributed by atoms with Gasteiger partial charge in [0.1, 0.15) is 12.4 Å². The van der Waals surface area contributed by atoms with E-state index >= 15 is 0 Å². The molecule has 0 aromatic heterocycles. The Kier molecular flexibility index (Phi) is 6.19. The smallest absolute Gasteiger partial charge is 0.226 e. The predicted molar refractivity (Wildman–Crippen MR) is 112 cm³/mol. The highest BCUT2D eigenvalue weighted by atomic mass is 16.5. The minimum Gasteiger partial charge on any atom is -0.491 e. The van der Waals surface area contributed by atoms with Crippen molar-refractivity contribution < 1.29 is 14.3 Å². The summed E-state index contributed by atoms with van der Waals surface area (Å²) in [6.45, 7) is 9.89. The zero-order chi connectivity index (χ0) is 20.2. The maximum Gasteiger partial charge on any atom is 0.226 e. The number of hydrogen-bond acceptors (Lipinski definition) is 4. The van der Waals surface area contributed by atoms with Crippen LogP contribution in [0.15, 0.2) is 30.9 Å². The minimum atomic E-state index is 0.222. The van der Waals surface area contributed by atoms with Gasteiger partial charge in [-0.15, -0.1) is 6.58 Å². The summed E-state index contributed by atoms with van der Waals surface area (Å²) in [5.41, 5.74) is 2.19. The number of nitrogens with zero attached hydrogens (tertiary/aromatic N) is 3. The van der Waals surface area contributed by atoms with Crippen LogP contribution in [0.5, 0.6) is 5.75 Å². The summed E-state index contributed by atoms with van der Waals surface area (Å²) in [6, 6.07) is 6.16. The van der Waals surface area contributed by atoms with Crippen LogP contribution in [0.25, 0.3) is 0 Å². The highest BCUT2D eigenvalue weighted by molar-refractivity contribution is 5.81. The summed E-state index contributed by atoms with van der Waals surface area (Å²) in [7, 11) is 0. The fraction of sp³-hybridized carbons (Fsp3) is 0.565. The van der Waals surface area contributed by atoms with Crippen LogP contribution in [-0.4, -0.2) is 72.4 Å². The largest absolute Gasteiger partial charge is 0.491 e. The first-order valence-corrected chi connectivity index (χ1v) is 10.8. The number of fused-ring (bicyclic) bond motifs is 1. The van der Waals surface area contributed by atoms with Crippen molar-refractivity contribution in [1.29, 1.82) is 0 Å². The molecule has 0 spiro atoms. The number of amides is 2. The van der Waals surface area contributed by atoms with Crippen LogP contribution in [-0.2, 0) is 22.6 Å². The Morgan fingerprint density at radius 2 is 1.90 bits per heavy atom. The van der Waals surface area contributed by atoms with Gasteiger partial charge in [-0.1, -0.05) is 18.2 Å². The van der Waals surface area contributed by atoms with Gasteiger partial charge in [-0.05, 0) is 30.9 Å². The molecule has 0 atom stereocenters. The quantitative estimate of drug-likeness (QED) is 0.690. The van der Waals surface area contributed by atoms with E-state index in [4.69, 9.17) is 4.74 Å². The maximum absolute atomic E-state index is 12.6. The molecule has 0 unspecified atom stereocenters. The summed E-state index contributed by atoms with van der Waals surface area (Å²) < 4.78 is 5.85. The molecule has 2 aliphatic heterocycles. The molecule has 3 aliphatic rings. The van der Waals surface area contributed by atoms with Gasteiger partial charge in [0.05, 0.1) is 6.54 Å². The van der Waals surface area contributed by atoms with Gasteiger partial charge in [0.25, 0.3) is 0 Å². The number of carbonyl (C=O) groups excluding carboxylic acids is 2. The molecule has 1 aromatic rings. The topological polar surface area (TPSA) is 53.1 Å². The zero-order valence-corrected chi connectivity index (χ0v) is 17.1. The van der Waals surface area contributed by atoms with Crippen LogP contribution < -0.4 is 4.74 Å². The second kappa shape index (κ2) is 8.99. The summed E-state index contributed by atoms with van der Waals surface area (Å²) in [5.74, 6) is 1.58. The number of benzene rings is 1. The van der Waals surface area contributed by atoms with Crippen molar-refractivity contribution in [1.82, 2.24) is 14.7 Å². The van der Waals surface area contributed by atoms with Crippen LogP contribution in [0.4, 0.5) is 0 Å². The van der Waals surface area contributed by atoms with E-state index in [0.29, 0.717) is 26.1 Å². The van der Waals surface area contributed by atoms with Crippen LogP contribution >= 0.6 is 0 Å². The lowest BCUT2D eigenvalue weighted by Crippen LogP contribution is -2.48. The van der Waals surface area contributed by atoms with E-state index < -0.39 is 0 Å². The van der Waals surface area contributed by atoms with Gasteiger partial charge < -0.3 is 14.5 Å². The molecule has 2 amide bonds. The van der Waals surface area contributed by atoms with Crippen LogP contribution in [0, 0.1) is 5.92 Å². The molecular weight excluding hydrogens is 366 g/mol. The fourth-order valence-corrected chi connectivity index (χ4v) is 4.15. The Morgan fingerprint density at radius 3 is 2.62 bits per heavy atom. The molecule has 0 radical (unpaired) electrons.